The number of aryl methyl sites for hydroxylation is 1. The van der Waals surface area contributed by atoms with Crippen molar-refractivity contribution in [3.63, 3.8) is 0 Å². The van der Waals surface area contributed by atoms with Crippen LogP contribution in [-0.4, -0.2) is 11.7 Å². The summed E-state index contributed by atoms with van der Waals surface area (Å²) in [6.45, 7) is -0.0988. The number of aliphatic hydroxyl groups excluding tert-OH is 1. The summed E-state index contributed by atoms with van der Waals surface area (Å²) in [5.74, 6) is -3.80. The van der Waals surface area contributed by atoms with Crippen molar-refractivity contribution in [2.24, 2.45) is 0 Å². The van der Waals surface area contributed by atoms with Crippen LogP contribution in [0.25, 0.3) is 0 Å². The Morgan fingerprint density at radius 3 is 2.38 bits per heavy atom. The Kier molecular flexibility index (Phi) is 3.31. The van der Waals surface area contributed by atoms with Gasteiger partial charge < -0.3 is 5.11 Å². The highest BCUT2D eigenvalue weighted by molar-refractivity contribution is 5.20. The monoisotopic (exact) mass is 190 g/mol. The molecule has 0 bridgehead atoms. The Morgan fingerprint density at radius 1 is 1.08 bits per heavy atom. The van der Waals surface area contributed by atoms with Gasteiger partial charge in [-0.15, -0.1) is 0 Å². The Balaban J connectivity index is 2.90. The average Bonchev–Trinajstić information content (AvgIpc) is 2.13. The molecule has 13 heavy (non-hydrogen) atoms. The van der Waals surface area contributed by atoms with Crippen molar-refractivity contribution < 1.29 is 18.3 Å². The van der Waals surface area contributed by atoms with Crippen molar-refractivity contribution >= 4 is 0 Å². The topological polar surface area (TPSA) is 20.2 Å². The quantitative estimate of drug-likeness (QED) is 0.723. The van der Waals surface area contributed by atoms with Crippen LogP contribution in [0, 0.1) is 17.5 Å². The van der Waals surface area contributed by atoms with E-state index in [4.69, 9.17) is 5.11 Å². The Bertz CT molecular complexity index is 299. The predicted octanol–water partition coefficient (Wildman–Crippen LogP) is 2.03. The van der Waals surface area contributed by atoms with Gasteiger partial charge in [-0.05, 0) is 24.5 Å². The summed E-state index contributed by atoms with van der Waals surface area (Å²) in [5.41, 5.74) is 0.0907. The molecule has 0 heterocycles. The summed E-state index contributed by atoms with van der Waals surface area (Å²) in [5, 5.41) is 8.45. The van der Waals surface area contributed by atoms with E-state index in [-0.39, 0.29) is 18.6 Å². The van der Waals surface area contributed by atoms with E-state index in [0.717, 1.165) is 6.07 Å². The third-order valence-corrected chi connectivity index (χ3v) is 1.72. The molecule has 0 aliphatic heterocycles. The van der Waals surface area contributed by atoms with E-state index in [1.807, 2.05) is 0 Å². The predicted molar refractivity (Wildman–Crippen MR) is 41.7 cm³/mol. The second kappa shape index (κ2) is 4.28. The molecule has 72 valence electrons. The van der Waals surface area contributed by atoms with Gasteiger partial charge in [-0.1, -0.05) is 6.07 Å². The van der Waals surface area contributed by atoms with Crippen LogP contribution in [0.4, 0.5) is 13.2 Å². The molecule has 0 saturated carbocycles. The molecule has 1 aromatic rings. The summed E-state index contributed by atoms with van der Waals surface area (Å²) < 4.78 is 37.9. The minimum atomic E-state index is -1.45. The van der Waals surface area contributed by atoms with Crippen LogP contribution < -0.4 is 0 Å². The summed E-state index contributed by atoms with van der Waals surface area (Å²) >= 11 is 0. The molecule has 0 unspecified atom stereocenters. The van der Waals surface area contributed by atoms with Crippen molar-refractivity contribution in [2.75, 3.05) is 6.61 Å². The van der Waals surface area contributed by atoms with Crippen molar-refractivity contribution in [1.29, 1.82) is 0 Å². The lowest BCUT2D eigenvalue weighted by molar-refractivity contribution is 0.287. The average molecular weight is 190 g/mol. The number of benzene rings is 1. The van der Waals surface area contributed by atoms with Gasteiger partial charge in [-0.3, -0.25) is 0 Å². The number of rotatable bonds is 3. The van der Waals surface area contributed by atoms with Gasteiger partial charge in [0.25, 0.3) is 0 Å². The highest BCUT2D eigenvalue weighted by Crippen LogP contribution is 2.16. The van der Waals surface area contributed by atoms with Gasteiger partial charge in [-0.25, -0.2) is 13.2 Å². The van der Waals surface area contributed by atoms with Crippen molar-refractivity contribution in [1.82, 2.24) is 0 Å². The van der Waals surface area contributed by atoms with Crippen LogP contribution in [0.1, 0.15) is 12.0 Å². The third kappa shape index (κ3) is 2.21. The van der Waals surface area contributed by atoms with Crippen molar-refractivity contribution in [3.8, 4) is 0 Å². The first kappa shape index (κ1) is 10.1. The van der Waals surface area contributed by atoms with Gasteiger partial charge in [0.1, 0.15) is 0 Å². The molecule has 0 aromatic heterocycles. The molecule has 0 fully saturated rings. The van der Waals surface area contributed by atoms with Crippen LogP contribution in [-0.2, 0) is 6.42 Å². The van der Waals surface area contributed by atoms with Crippen LogP contribution in [0.2, 0.25) is 0 Å². The zero-order valence-corrected chi connectivity index (χ0v) is 6.86. The van der Waals surface area contributed by atoms with E-state index in [9.17, 15) is 13.2 Å². The minimum absolute atomic E-state index is 0.0907. The maximum Gasteiger partial charge on any atom is 0.194 e. The molecular weight excluding hydrogens is 181 g/mol. The minimum Gasteiger partial charge on any atom is -0.396 e. The lowest BCUT2D eigenvalue weighted by Gasteiger charge is -2.02. The fourth-order valence-electron chi connectivity index (χ4n) is 1.03. The molecule has 0 saturated heterocycles. The number of hydrogen-bond acceptors (Lipinski definition) is 1. The van der Waals surface area contributed by atoms with Crippen LogP contribution in [0.15, 0.2) is 12.1 Å². The molecule has 1 N–H and O–H groups in total. The highest BCUT2D eigenvalue weighted by atomic mass is 19.2. The Labute approximate surface area is 73.8 Å². The SMILES string of the molecule is OCCCc1ccc(F)c(F)c1F. The summed E-state index contributed by atoms with van der Waals surface area (Å²) in [6, 6.07) is 2.06. The fraction of sp³-hybridized carbons (Fsp3) is 0.333. The van der Waals surface area contributed by atoms with Crippen molar-refractivity contribution in [3.05, 3.63) is 35.1 Å². The first-order chi connectivity index (χ1) is 6.16. The van der Waals surface area contributed by atoms with E-state index < -0.39 is 17.5 Å². The second-order valence-electron chi connectivity index (χ2n) is 2.66. The second-order valence-corrected chi connectivity index (χ2v) is 2.66. The van der Waals surface area contributed by atoms with Gasteiger partial charge in [0.05, 0.1) is 0 Å². The standard InChI is InChI=1S/C9H9F3O/c10-7-4-3-6(2-1-5-13)8(11)9(7)12/h3-4,13H,1-2,5H2. The third-order valence-electron chi connectivity index (χ3n) is 1.72. The number of hydrogen-bond donors (Lipinski definition) is 1. The molecule has 0 atom stereocenters. The summed E-state index contributed by atoms with van der Waals surface area (Å²) in [4.78, 5) is 0. The molecule has 0 aliphatic carbocycles. The lowest BCUT2D eigenvalue weighted by Crippen LogP contribution is -1.98. The zero-order valence-electron chi connectivity index (χ0n) is 6.86. The van der Waals surface area contributed by atoms with Gasteiger partial charge in [0.2, 0.25) is 0 Å². The van der Waals surface area contributed by atoms with E-state index >= 15 is 0 Å². The van der Waals surface area contributed by atoms with Crippen molar-refractivity contribution in [2.45, 2.75) is 12.8 Å². The Morgan fingerprint density at radius 2 is 1.77 bits per heavy atom. The molecule has 1 rings (SSSR count). The molecule has 0 radical (unpaired) electrons. The van der Waals surface area contributed by atoms with Gasteiger partial charge in [0, 0.05) is 6.61 Å². The molecule has 0 spiro atoms. The van der Waals surface area contributed by atoms with E-state index in [1.165, 1.54) is 6.07 Å². The normalized spacial score (nSPS) is 10.5. The maximum absolute atomic E-state index is 12.9. The van der Waals surface area contributed by atoms with Gasteiger partial charge in [-0.2, -0.15) is 0 Å². The Hall–Kier alpha value is -1.03. The van der Waals surface area contributed by atoms with Crippen LogP contribution in [0.3, 0.4) is 0 Å². The largest absolute Gasteiger partial charge is 0.396 e. The summed E-state index contributed by atoms with van der Waals surface area (Å²) in [7, 11) is 0. The first-order valence-electron chi connectivity index (χ1n) is 3.90. The molecule has 0 amide bonds. The lowest BCUT2D eigenvalue weighted by atomic mass is 10.1. The maximum atomic E-state index is 12.9. The molecule has 4 heteroatoms. The number of aliphatic hydroxyl groups is 1. The van der Waals surface area contributed by atoms with Gasteiger partial charge >= 0.3 is 0 Å². The van der Waals surface area contributed by atoms with Gasteiger partial charge in [0.15, 0.2) is 17.5 Å². The molecule has 1 nitrogen and oxygen atoms in total. The van der Waals surface area contributed by atoms with Crippen LogP contribution >= 0.6 is 0 Å². The molecule has 1 aromatic carbocycles. The molecular formula is C9H9F3O. The van der Waals surface area contributed by atoms with E-state index in [0.29, 0.717) is 6.42 Å². The smallest absolute Gasteiger partial charge is 0.194 e. The first-order valence-corrected chi connectivity index (χ1v) is 3.90. The summed E-state index contributed by atoms with van der Waals surface area (Å²) in [6.07, 6.45) is 0.543. The number of halogens is 3. The fourth-order valence-corrected chi connectivity index (χ4v) is 1.03. The zero-order chi connectivity index (χ0) is 9.84. The van der Waals surface area contributed by atoms with Crippen LogP contribution in [0.5, 0.6) is 0 Å². The van der Waals surface area contributed by atoms with E-state index in [2.05, 4.69) is 0 Å². The van der Waals surface area contributed by atoms with E-state index in [1.54, 1.807) is 0 Å². The highest BCUT2D eigenvalue weighted by Gasteiger charge is 2.12. The molecule has 0 aliphatic rings.